The topological polar surface area (TPSA) is 83.5 Å². The van der Waals surface area contributed by atoms with E-state index in [-0.39, 0.29) is 9.77 Å². The van der Waals surface area contributed by atoms with E-state index in [0.717, 1.165) is 30.6 Å². The van der Waals surface area contributed by atoms with E-state index in [1.165, 1.54) is 6.07 Å². The Morgan fingerprint density at radius 3 is 2.80 bits per heavy atom. The number of aromatic carboxylic acids is 1. The van der Waals surface area contributed by atoms with Crippen LogP contribution in [0, 0.1) is 12.8 Å². The Balaban J connectivity index is 2.09. The summed E-state index contributed by atoms with van der Waals surface area (Å²) >= 11 is 0.981. The van der Waals surface area contributed by atoms with E-state index in [2.05, 4.69) is 16.9 Å². The number of sulfonamides is 1. The van der Waals surface area contributed by atoms with Gasteiger partial charge in [-0.2, -0.15) is 0 Å². The molecule has 5 nitrogen and oxygen atoms in total. The van der Waals surface area contributed by atoms with Crippen LogP contribution in [0.25, 0.3) is 0 Å². The average Bonchev–Trinajstić information content (AvgIpc) is 2.81. The van der Waals surface area contributed by atoms with Gasteiger partial charge >= 0.3 is 5.97 Å². The van der Waals surface area contributed by atoms with Crippen molar-refractivity contribution in [1.29, 1.82) is 0 Å². The van der Waals surface area contributed by atoms with E-state index in [9.17, 15) is 13.2 Å². The van der Waals surface area contributed by atoms with Crippen molar-refractivity contribution in [2.45, 2.75) is 31.1 Å². The minimum Gasteiger partial charge on any atom is -0.477 e. The van der Waals surface area contributed by atoms with E-state index in [1.54, 1.807) is 6.92 Å². The Labute approximate surface area is 122 Å². The van der Waals surface area contributed by atoms with E-state index >= 15 is 0 Å². The van der Waals surface area contributed by atoms with Crippen LogP contribution in [-0.4, -0.2) is 26.0 Å². The van der Waals surface area contributed by atoms with Crippen LogP contribution in [-0.2, 0) is 10.0 Å². The lowest BCUT2D eigenvalue weighted by molar-refractivity contribution is 0.0702. The van der Waals surface area contributed by atoms with E-state index in [4.69, 9.17) is 5.11 Å². The molecule has 0 amide bonds. The molecule has 2 rings (SSSR count). The first-order valence-electron chi connectivity index (χ1n) is 6.38. The molecule has 0 aliphatic heterocycles. The summed E-state index contributed by atoms with van der Waals surface area (Å²) in [7, 11) is -3.63. The molecule has 0 fully saturated rings. The second-order valence-electron chi connectivity index (χ2n) is 4.84. The highest BCUT2D eigenvalue weighted by Gasteiger charge is 2.23. The van der Waals surface area contributed by atoms with Gasteiger partial charge in [-0.1, -0.05) is 12.2 Å². The van der Waals surface area contributed by atoms with Crippen molar-refractivity contribution in [1.82, 2.24) is 4.72 Å². The van der Waals surface area contributed by atoms with Crippen molar-refractivity contribution in [3.05, 3.63) is 28.0 Å². The number of hydrogen-bond acceptors (Lipinski definition) is 4. The molecule has 0 bridgehead atoms. The summed E-state index contributed by atoms with van der Waals surface area (Å²) in [4.78, 5) is 11.5. The number of carbonyl (C=O) groups is 1. The normalized spacial score (nSPS) is 19.1. The Kier molecular flexibility index (Phi) is 4.62. The third-order valence-corrected chi connectivity index (χ3v) is 6.03. The fourth-order valence-electron chi connectivity index (χ4n) is 2.18. The molecular weight excluding hydrogens is 298 g/mol. The summed E-state index contributed by atoms with van der Waals surface area (Å²) in [5.74, 6) is -0.787. The molecule has 1 atom stereocenters. The SMILES string of the molecule is Cc1sc(C(=O)O)cc1S(=O)(=O)NCC1CC=CCC1. The van der Waals surface area contributed by atoms with E-state index in [1.807, 2.05) is 0 Å². The first kappa shape index (κ1) is 15.2. The van der Waals surface area contributed by atoms with Gasteiger partial charge in [-0.15, -0.1) is 11.3 Å². The first-order valence-corrected chi connectivity index (χ1v) is 8.68. The summed E-state index contributed by atoms with van der Waals surface area (Å²) in [6.45, 7) is 2.01. The van der Waals surface area contributed by atoms with Crippen LogP contribution in [0.2, 0.25) is 0 Å². The predicted molar refractivity (Wildman–Crippen MR) is 77.7 cm³/mol. The van der Waals surface area contributed by atoms with Gasteiger partial charge in [0.15, 0.2) is 0 Å². The van der Waals surface area contributed by atoms with Crippen molar-refractivity contribution >= 4 is 27.3 Å². The van der Waals surface area contributed by atoms with Crippen LogP contribution in [0.4, 0.5) is 0 Å². The number of hydrogen-bond donors (Lipinski definition) is 2. The number of allylic oxidation sites excluding steroid dienone is 2. The number of carboxylic acids is 1. The maximum absolute atomic E-state index is 12.2. The lowest BCUT2D eigenvalue weighted by Gasteiger charge is -2.18. The van der Waals surface area contributed by atoms with E-state index < -0.39 is 16.0 Å². The molecule has 2 N–H and O–H groups in total. The van der Waals surface area contributed by atoms with Crippen molar-refractivity contribution in [3.8, 4) is 0 Å². The van der Waals surface area contributed by atoms with Gasteiger partial charge in [0.05, 0.1) is 4.90 Å². The van der Waals surface area contributed by atoms with Gasteiger partial charge < -0.3 is 5.11 Å². The molecule has 7 heteroatoms. The highest BCUT2D eigenvalue weighted by atomic mass is 32.2. The zero-order valence-corrected chi connectivity index (χ0v) is 12.8. The maximum Gasteiger partial charge on any atom is 0.345 e. The maximum atomic E-state index is 12.2. The lowest BCUT2D eigenvalue weighted by atomic mass is 9.95. The van der Waals surface area contributed by atoms with Gasteiger partial charge in [-0.05, 0) is 38.2 Å². The molecule has 1 unspecified atom stereocenters. The third kappa shape index (κ3) is 3.47. The lowest BCUT2D eigenvalue weighted by Crippen LogP contribution is -2.30. The number of thiophene rings is 1. The Hall–Kier alpha value is -1.18. The second kappa shape index (κ2) is 6.07. The molecule has 1 aliphatic carbocycles. The van der Waals surface area contributed by atoms with Gasteiger partial charge in [-0.3, -0.25) is 0 Å². The molecule has 1 heterocycles. The molecular formula is C13H17NO4S2. The molecule has 0 saturated heterocycles. The van der Waals surface area contributed by atoms with Gasteiger partial charge in [0.2, 0.25) is 10.0 Å². The van der Waals surface area contributed by atoms with Gasteiger partial charge in [0.1, 0.15) is 4.88 Å². The van der Waals surface area contributed by atoms with Crippen molar-refractivity contribution in [2.24, 2.45) is 5.92 Å². The van der Waals surface area contributed by atoms with Crippen LogP contribution in [0.5, 0.6) is 0 Å². The van der Waals surface area contributed by atoms with Crippen molar-refractivity contribution < 1.29 is 18.3 Å². The number of aryl methyl sites for hydroxylation is 1. The number of nitrogens with one attached hydrogen (secondary N) is 1. The van der Waals surface area contributed by atoms with Crippen LogP contribution in [0.15, 0.2) is 23.1 Å². The smallest absolute Gasteiger partial charge is 0.345 e. The van der Waals surface area contributed by atoms with Gasteiger partial charge in [0.25, 0.3) is 0 Å². The fraction of sp³-hybridized carbons (Fsp3) is 0.462. The minimum absolute atomic E-state index is 0.0449. The molecule has 0 spiro atoms. The largest absolute Gasteiger partial charge is 0.477 e. The van der Waals surface area contributed by atoms with Crippen LogP contribution < -0.4 is 4.72 Å². The Morgan fingerprint density at radius 2 is 2.25 bits per heavy atom. The third-order valence-electron chi connectivity index (χ3n) is 3.31. The van der Waals surface area contributed by atoms with Crippen LogP contribution >= 0.6 is 11.3 Å². The molecule has 0 saturated carbocycles. The van der Waals surface area contributed by atoms with Crippen LogP contribution in [0.3, 0.4) is 0 Å². The van der Waals surface area contributed by atoms with Gasteiger partial charge in [0, 0.05) is 11.4 Å². The summed E-state index contributed by atoms with van der Waals surface area (Å²) < 4.78 is 27.0. The Morgan fingerprint density at radius 1 is 1.50 bits per heavy atom. The zero-order chi connectivity index (χ0) is 14.8. The fourth-order valence-corrected chi connectivity index (χ4v) is 4.73. The second-order valence-corrected chi connectivity index (χ2v) is 7.83. The van der Waals surface area contributed by atoms with E-state index in [0.29, 0.717) is 17.3 Å². The Bertz CT molecular complexity index is 631. The number of rotatable bonds is 5. The summed E-state index contributed by atoms with van der Waals surface area (Å²) in [6, 6.07) is 1.23. The zero-order valence-electron chi connectivity index (χ0n) is 11.1. The number of carboxylic acid groups (broad SMARTS) is 1. The van der Waals surface area contributed by atoms with Crippen molar-refractivity contribution in [3.63, 3.8) is 0 Å². The van der Waals surface area contributed by atoms with Crippen LogP contribution in [0.1, 0.15) is 33.8 Å². The summed E-state index contributed by atoms with van der Waals surface area (Å²) in [5, 5.41) is 8.91. The average molecular weight is 315 g/mol. The summed E-state index contributed by atoms with van der Waals surface area (Å²) in [6.07, 6.45) is 7.01. The highest BCUT2D eigenvalue weighted by molar-refractivity contribution is 7.89. The molecule has 0 aromatic carbocycles. The first-order chi connectivity index (χ1) is 9.40. The highest BCUT2D eigenvalue weighted by Crippen LogP contribution is 2.26. The molecule has 110 valence electrons. The predicted octanol–water partition coefficient (Wildman–Crippen LogP) is 2.39. The monoisotopic (exact) mass is 315 g/mol. The molecule has 20 heavy (non-hydrogen) atoms. The quantitative estimate of drug-likeness (QED) is 0.817. The molecule has 1 aliphatic rings. The van der Waals surface area contributed by atoms with Gasteiger partial charge in [-0.25, -0.2) is 17.9 Å². The minimum atomic E-state index is -3.63. The van der Waals surface area contributed by atoms with Crippen molar-refractivity contribution in [2.75, 3.05) is 6.54 Å². The summed E-state index contributed by atoms with van der Waals surface area (Å²) in [5.41, 5.74) is 0. The molecule has 0 radical (unpaired) electrons. The standard InChI is InChI=1S/C13H17NO4S2/c1-9-12(7-11(19-9)13(15)16)20(17,18)14-8-10-5-3-2-4-6-10/h2-3,7,10,14H,4-6,8H2,1H3,(H,15,16). The molecule has 1 aromatic heterocycles. The molecule has 1 aromatic rings.